The maximum Gasteiger partial charge on any atom is 0.163 e. The Kier molecular flexibility index (Phi) is 3.58. The van der Waals surface area contributed by atoms with Crippen LogP contribution in [0.2, 0.25) is 0 Å². The molecule has 2 N–H and O–H groups in total. The van der Waals surface area contributed by atoms with Gasteiger partial charge in [-0.05, 0) is 26.0 Å². The summed E-state index contributed by atoms with van der Waals surface area (Å²) >= 11 is 0. The molecule has 1 aromatic carbocycles. The van der Waals surface area contributed by atoms with Gasteiger partial charge in [0.2, 0.25) is 0 Å². The highest BCUT2D eigenvalue weighted by Crippen LogP contribution is 2.27. The Balaban J connectivity index is 2.58. The van der Waals surface area contributed by atoms with Gasteiger partial charge in [-0.15, -0.1) is 0 Å². The molecule has 0 spiro atoms. The van der Waals surface area contributed by atoms with Crippen molar-refractivity contribution >= 4 is 0 Å². The molecule has 4 heteroatoms. The van der Waals surface area contributed by atoms with E-state index in [0.29, 0.717) is 12.4 Å². The van der Waals surface area contributed by atoms with Crippen LogP contribution in [0.15, 0.2) is 24.3 Å². The van der Waals surface area contributed by atoms with Crippen LogP contribution in [0.25, 0.3) is 11.4 Å². The first-order valence-corrected chi connectivity index (χ1v) is 5.85. The minimum absolute atomic E-state index is 0.462. The van der Waals surface area contributed by atoms with Crippen LogP contribution in [0.5, 0.6) is 5.75 Å². The van der Waals surface area contributed by atoms with Crippen molar-refractivity contribution in [3.8, 4) is 17.1 Å². The van der Waals surface area contributed by atoms with Crippen LogP contribution >= 0.6 is 0 Å². The molecule has 0 saturated carbocycles. The largest absolute Gasteiger partial charge is 0.496 e. The summed E-state index contributed by atoms with van der Waals surface area (Å²) in [4.78, 5) is 9.03. The van der Waals surface area contributed by atoms with Gasteiger partial charge >= 0.3 is 0 Å². The van der Waals surface area contributed by atoms with Gasteiger partial charge in [0.1, 0.15) is 5.75 Å². The molecule has 0 fully saturated rings. The van der Waals surface area contributed by atoms with Gasteiger partial charge in [0.05, 0.1) is 12.7 Å². The second-order valence-corrected chi connectivity index (χ2v) is 4.10. The standard InChI is InChI=1S/C14H17N3O/c1-9-12(8-15)10(2)17-14(16-9)11-6-4-5-7-13(11)18-3/h4-7H,8,15H2,1-3H3. The van der Waals surface area contributed by atoms with Crippen molar-refractivity contribution in [1.82, 2.24) is 9.97 Å². The maximum absolute atomic E-state index is 5.69. The number of rotatable bonds is 3. The van der Waals surface area contributed by atoms with Gasteiger partial charge in [-0.3, -0.25) is 0 Å². The topological polar surface area (TPSA) is 61.0 Å². The van der Waals surface area contributed by atoms with Crippen LogP contribution < -0.4 is 10.5 Å². The van der Waals surface area contributed by atoms with E-state index in [4.69, 9.17) is 10.5 Å². The third-order valence-corrected chi connectivity index (χ3v) is 2.97. The number of aryl methyl sites for hydroxylation is 2. The van der Waals surface area contributed by atoms with E-state index in [1.54, 1.807) is 7.11 Å². The van der Waals surface area contributed by atoms with E-state index < -0.39 is 0 Å². The SMILES string of the molecule is COc1ccccc1-c1nc(C)c(CN)c(C)n1. The highest BCUT2D eigenvalue weighted by Gasteiger charge is 2.11. The van der Waals surface area contributed by atoms with E-state index in [9.17, 15) is 0 Å². The molecule has 0 aliphatic rings. The maximum atomic E-state index is 5.69. The summed E-state index contributed by atoms with van der Waals surface area (Å²) in [6.45, 7) is 4.37. The zero-order valence-corrected chi connectivity index (χ0v) is 10.9. The molecule has 0 aliphatic carbocycles. The summed E-state index contributed by atoms with van der Waals surface area (Å²) in [6.07, 6.45) is 0. The van der Waals surface area contributed by atoms with E-state index in [1.807, 2.05) is 38.1 Å². The van der Waals surface area contributed by atoms with Crippen molar-refractivity contribution in [2.45, 2.75) is 20.4 Å². The van der Waals surface area contributed by atoms with Gasteiger partial charge in [-0.25, -0.2) is 9.97 Å². The monoisotopic (exact) mass is 243 g/mol. The van der Waals surface area contributed by atoms with Crippen LogP contribution in [0.1, 0.15) is 17.0 Å². The fourth-order valence-electron chi connectivity index (χ4n) is 1.98. The quantitative estimate of drug-likeness (QED) is 0.898. The summed E-state index contributed by atoms with van der Waals surface area (Å²) < 4.78 is 5.33. The molecule has 1 aromatic heterocycles. The lowest BCUT2D eigenvalue weighted by atomic mass is 10.1. The normalized spacial score (nSPS) is 10.4. The lowest BCUT2D eigenvalue weighted by molar-refractivity contribution is 0.416. The number of para-hydroxylation sites is 1. The fourth-order valence-corrected chi connectivity index (χ4v) is 1.98. The number of nitrogens with two attached hydrogens (primary N) is 1. The van der Waals surface area contributed by atoms with E-state index in [0.717, 1.165) is 28.3 Å². The first kappa shape index (κ1) is 12.5. The number of nitrogens with zero attached hydrogens (tertiary/aromatic N) is 2. The molecular formula is C14H17N3O. The molecule has 0 saturated heterocycles. The predicted molar refractivity (Wildman–Crippen MR) is 71.4 cm³/mol. The average molecular weight is 243 g/mol. The van der Waals surface area contributed by atoms with Crippen molar-refractivity contribution in [3.63, 3.8) is 0 Å². The first-order chi connectivity index (χ1) is 8.67. The van der Waals surface area contributed by atoms with E-state index in [-0.39, 0.29) is 0 Å². The molecule has 0 bridgehead atoms. The van der Waals surface area contributed by atoms with E-state index in [2.05, 4.69) is 9.97 Å². The van der Waals surface area contributed by atoms with Crippen LogP contribution in [0, 0.1) is 13.8 Å². The van der Waals surface area contributed by atoms with Crippen molar-refractivity contribution in [2.24, 2.45) is 5.73 Å². The van der Waals surface area contributed by atoms with Gasteiger partial charge in [0, 0.05) is 23.5 Å². The molecule has 0 atom stereocenters. The van der Waals surface area contributed by atoms with Crippen LogP contribution in [-0.2, 0) is 6.54 Å². The number of aromatic nitrogens is 2. The average Bonchev–Trinajstić information content (AvgIpc) is 2.38. The zero-order valence-electron chi connectivity index (χ0n) is 10.9. The minimum Gasteiger partial charge on any atom is -0.496 e. The van der Waals surface area contributed by atoms with Crippen molar-refractivity contribution in [3.05, 3.63) is 41.2 Å². The Morgan fingerprint density at radius 1 is 1.11 bits per heavy atom. The smallest absolute Gasteiger partial charge is 0.163 e. The Morgan fingerprint density at radius 2 is 1.72 bits per heavy atom. The van der Waals surface area contributed by atoms with Gasteiger partial charge in [-0.2, -0.15) is 0 Å². The van der Waals surface area contributed by atoms with Gasteiger partial charge in [-0.1, -0.05) is 12.1 Å². The Bertz CT molecular complexity index is 544. The highest BCUT2D eigenvalue weighted by atomic mass is 16.5. The summed E-state index contributed by atoms with van der Waals surface area (Å²) in [5.41, 5.74) is 9.44. The summed E-state index contributed by atoms with van der Waals surface area (Å²) in [7, 11) is 1.65. The second kappa shape index (κ2) is 5.14. The van der Waals surface area contributed by atoms with Gasteiger partial charge in [0.15, 0.2) is 5.82 Å². The van der Waals surface area contributed by atoms with Crippen molar-refractivity contribution in [2.75, 3.05) is 7.11 Å². The van der Waals surface area contributed by atoms with E-state index >= 15 is 0 Å². The molecular weight excluding hydrogens is 226 g/mol. The predicted octanol–water partition coefficient (Wildman–Crippen LogP) is 2.23. The molecule has 0 aliphatic heterocycles. The number of hydrogen-bond donors (Lipinski definition) is 1. The molecule has 0 unspecified atom stereocenters. The Hall–Kier alpha value is -1.94. The summed E-state index contributed by atoms with van der Waals surface area (Å²) in [5, 5.41) is 0. The zero-order chi connectivity index (χ0) is 13.1. The molecule has 2 rings (SSSR count). The Morgan fingerprint density at radius 3 is 2.28 bits per heavy atom. The van der Waals surface area contributed by atoms with Crippen LogP contribution in [0.3, 0.4) is 0 Å². The van der Waals surface area contributed by atoms with Crippen molar-refractivity contribution < 1.29 is 4.74 Å². The van der Waals surface area contributed by atoms with Crippen molar-refractivity contribution in [1.29, 1.82) is 0 Å². The third-order valence-electron chi connectivity index (χ3n) is 2.97. The first-order valence-electron chi connectivity index (χ1n) is 5.85. The molecule has 18 heavy (non-hydrogen) atoms. The molecule has 4 nitrogen and oxygen atoms in total. The molecule has 0 amide bonds. The Labute approximate surface area is 107 Å². The molecule has 2 aromatic rings. The fraction of sp³-hybridized carbons (Fsp3) is 0.286. The van der Waals surface area contributed by atoms with Gasteiger partial charge in [0.25, 0.3) is 0 Å². The summed E-state index contributed by atoms with van der Waals surface area (Å²) in [6, 6.07) is 7.73. The summed E-state index contributed by atoms with van der Waals surface area (Å²) in [5.74, 6) is 1.46. The van der Waals surface area contributed by atoms with Crippen LogP contribution in [-0.4, -0.2) is 17.1 Å². The lowest BCUT2D eigenvalue weighted by Gasteiger charge is -2.11. The number of hydrogen-bond acceptors (Lipinski definition) is 4. The minimum atomic E-state index is 0.462. The molecule has 0 radical (unpaired) electrons. The lowest BCUT2D eigenvalue weighted by Crippen LogP contribution is -2.07. The third kappa shape index (κ3) is 2.19. The number of methoxy groups -OCH3 is 1. The molecule has 94 valence electrons. The van der Waals surface area contributed by atoms with E-state index in [1.165, 1.54) is 0 Å². The molecule has 1 heterocycles. The van der Waals surface area contributed by atoms with Gasteiger partial charge < -0.3 is 10.5 Å². The van der Waals surface area contributed by atoms with Crippen LogP contribution in [0.4, 0.5) is 0 Å². The second-order valence-electron chi connectivity index (χ2n) is 4.10. The number of benzene rings is 1. The highest BCUT2D eigenvalue weighted by molar-refractivity contribution is 5.64. The number of ether oxygens (including phenoxy) is 1.